The smallest absolute Gasteiger partial charge is 0.244 e. The number of nitrogens with zero attached hydrogens (tertiary/aromatic N) is 2. The summed E-state index contributed by atoms with van der Waals surface area (Å²) in [7, 11) is -3.84. The van der Waals surface area contributed by atoms with Crippen LogP contribution < -0.4 is 9.62 Å². The maximum absolute atomic E-state index is 14.2. The normalized spacial score (nSPS) is 12.3. The first-order valence-electron chi connectivity index (χ1n) is 13.3. The molecule has 0 aliphatic heterocycles. The predicted molar refractivity (Wildman–Crippen MR) is 162 cm³/mol. The van der Waals surface area contributed by atoms with Gasteiger partial charge in [0.15, 0.2) is 0 Å². The van der Waals surface area contributed by atoms with Crippen molar-refractivity contribution in [3.8, 4) is 0 Å². The van der Waals surface area contributed by atoms with E-state index in [1.54, 1.807) is 36.4 Å². The van der Waals surface area contributed by atoms with Crippen molar-refractivity contribution in [3.63, 3.8) is 0 Å². The molecule has 0 bridgehead atoms. The Kier molecular flexibility index (Phi) is 10.8. The number of amides is 2. The maximum atomic E-state index is 14.2. The van der Waals surface area contributed by atoms with Crippen molar-refractivity contribution in [2.24, 2.45) is 0 Å². The molecule has 0 aromatic heterocycles. The molecule has 3 aromatic rings. The van der Waals surface area contributed by atoms with E-state index >= 15 is 0 Å². The fourth-order valence-electron chi connectivity index (χ4n) is 4.52. The Morgan fingerprint density at radius 3 is 2.02 bits per heavy atom. The number of carbonyl (C=O) groups excluding carboxylic acids is 2. The summed E-state index contributed by atoms with van der Waals surface area (Å²) in [6.07, 6.45) is 1.36. The minimum absolute atomic E-state index is 0.0309. The molecule has 1 N–H and O–H groups in total. The zero-order valence-electron chi connectivity index (χ0n) is 23.7. The van der Waals surface area contributed by atoms with Crippen LogP contribution in [0.2, 0.25) is 5.02 Å². The molecule has 0 radical (unpaired) electrons. The van der Waals surface area contributed by atoms with Gasteiger partial charge in [0.25, 0.3) is 0 Å². The standard InChI is InChI=1S/C31H38ClN3O4S/c1-22(2)27-13-9-10-14-28(27)35(40(5,38)39)21-30(36)34(20-25-15-17-26(32)18-16-25)29(31(37)33-23(3)4)19-24-11-7-6-8-12-24/h6-18,22-23,29H,19-21H2,1-5H3,(H,33,37). The Balaban J connectivity index is 2.09. The molecule has 0 aliphatic carbocycles. The molecular weight excluding hydrogens is 546 g/mol. The van der Waals surface area contributed by atoms with E-state index in [-0.39, 0.29) is 30.8 Å². The van der Waals surface area contributed by atoms with E-state index in [1.165, 1.54) is 4.90 Å². The van der Waals surface area contributed by atoms with Gasteiger partial charge in [0.05, 0.1) is 11.9 Å². The molecule has 0 spiro atoms. The summed E-state index contributed by atoms with van der Waals surface area (Å²) in [5, 5.41) is 3.50. The Morgan fingerprint density at radius 1 is 0.850 bits per heavy atom. The van der Waals surface area contributed by atoms with Crippen LogP contribution in [0.4, 0.5) is 5.69 Å². The van der Waals surface area contributed by atoms with Gasteiger partial charge in [-0.05, 0) is 54.7 Å². The van der Waals surface area contributed by atoms with Gasteiger partial charge >= 0.3 is 0 Å². The van der Waals surface area contributed by atoms with Crippen LogP contribution in [-0.2, 0) is 32.6 Å². The molecule has 1 atom stereocenters. The van der Waals surface area contributed by atoms with E-state index in [9.17, 15) is 18.0 Å². The van der Waals surface area contributed by atoms with Gasteiger partial charge in [-0.3, -0.25) is 13.9 Å². The largest absolute Gasteiger partial charge is 0.352 e. The van der Waals surface area contributed by atoms with Gasteiger partial charge in [-0.1, -0.05) is 86.1 Å². The first kappa shape index (κ1) is 31.2. The minimum atomic E-state index is -3.84. The quantitative estimate of drug-likeness (QED) is 0.309. The van der Waals surface area contributed by atoms with E-state index in [0.717, 1.165) is 27.3 Å². The third kappa shape index (κ3) is 8.57. The Hall–Kier alpha value is -3.36. The number of halogens is 1. The fourth-order valence-corrected chi connectivity index (χ4v) is 5.51. The number of carbonyl (C=O) groups is 2. The molecule has 3 aromatic carbocycles. The highest BCUT2D eigenvalue weighted by Crippen LogP contribution is 2.29. The molecule has 7 nitrogen and oxygen atoms in total. The lowest BCUT2D eigenvalue weighted by molar-refractivity contribution is -0.140. The summed E-state index contributed by atoms with van der Waals surface area (Å²) in [4.78, 5) is 29.2. The van der Waals surface area contributed by atoms with Crippen LogP contribution in [0, 0.1) is 0 Å². The third-order valence-corrected chi connectivity index (χ3v) is 7.85. The summed E-state index contributed by atoms with van der Waals surface area (Å²) in [5.74, 6) is -0.767. The second kappa shape index (κ2) is 13.8. The average molecular weight is 584 g/mol. The van der Waals surface area contributed by atoms with E-state index < -0.39 is 28.5 Å². The zero-order valence-corrected chi connectivity index (χ0v) is 25.2. The summed E-state index contributed by atoms with van der Waals surface area (Å²) >= 11 is 6.10. The molecule has 0 saturated carbocycles. The lowest BCUT2D eigenvalue weighted by Crippen LogP contribution is -2.54. The molecule has 40 heavy (non-hydrogen) atoms. The summed E-state index contributed by atoms with van der Waals surface area (Å²) in [5.41, 5.74) is 2.90. The van der Waals surface area contributed by atoms with Crippen LogP contribution in [0.1, 0.15) is 50.3 Å². The molecule has 3 rings (SSSR count). The van der Waals surface area contributed by atoms with Crippen molar-refractivity contribution in [2.45, 2.75) is 58.7 Å². The first-order valence-corrected chi connectivity index (χ1v) is 15.5. The van der Waals surface area contributed by atoms with Crippen molar-refractivity contribution in [1.29, 1.82) is 0 Å². The molecule has 214 valence electrons. The molecule has 9 heteroatoms. The first-order chi connectivity index (χ1) is 18.9. The Bertz CT molecular complexity index is 1390. The summed E-state index contributed by atoms with van der Waals surface area (Å²) < 4.78 is 27.3. The number of rotatable bonds is 12. The number of anilines is 1. The molecule has 0 heterocycles. The van der Waals surface area contributed by atoms with Crippen molar-refractivity contribution in [1.82, 2.24) is 10.2 Å². The van der Waals surface area contributed by atoms with Crippen molar-refractivity contribution in [3.05, 3.63) is 101 Å². The topological polar surface area (TPSA) is 86.8 Å². The molecular formula is C31H38ClN3O4S. The van der Waals surface area contributed by atoms with Gasteiger partial charge in [0, 0.05) is 24.0 Å². The second-order valence-electron chi connectivity index (χ2n) is 10.5. The lowest BCUT2D eigenvalue weighted by atomic mass is 10.0. The van der Waals surface area contributed by atoms with Crippen molar-refractivity contribution in [2.75, 3.05) is 17.1 Å². The lowest BCUT2D eigenvalue weighted by Gasteiger charge is -2.34. The molecule has 2 amide bonds. The molecule has 0 fully saturated rings. The van der Waals surface area contributed by atoms with Gasteiger partial charge in [-0.25, -0.2) is 8.42 Å². The number of hydrogen-bond donors (Lipinski definition) is 1. The van der Waals surface area contributed by atoms with Crippen LogP contribution in [0.25, 0.3) is 0 Å². The SMILES string of the molecule is CC(C)NC(=O)C(Cc1ccccc1)N(Cc1ccc(Cl)cc1)C(=O)CN(c1ccccc1C(C)C)S(C)(=O)=O. The van der Waals surface area contributed by atoms with Gasteiger partial charge in [-0.15, -0.1) is 0 Å². The fraction of sp³-hybridized carbons (Fsp3) is 0.355. The highest BCUT2D eigenvalue weighted by molar-refractivity contribution is 7.92. The zero-order chi connectivity index (χ0) is 29.4. The third-order valence-electron chi connectivity index (χ3n) is 6.47. The molecule has 0 aliphatic rings. The van der Waals surface area contributed by atoms with Crippen LogP contribution >= 0.6 is 11.6 Å². The summed E-state index contributed by atoms with van der Waals surface area (Å²) in [6, 6.07) is 22.6. The van der Waals surface area contributed by atoms with Crippen LogP contribution in [0.15, 0.2) is 78.9 Å². The number of nitrogens with one attached hydrogen (secondary N) is 1. The van der Waals surface area contributed by atoms with E-state index in [0.29, 0.717) is 10.7 Å². The number of para-hydroxylation sites is 1. The van der Waals surface area contributed by atoms with Gasteiger partial charge in [0.2, 0.25) is 21.8 Å². The minimum Gasteiger partial charge on any atom is -0.352 e. The molecule has 1 unspecified atom stereocenters. The van der Waals surface area contributed by atoms with Crippen LogP contribution in [0.3, 0.4) is 0 Å². The Morgan fingerprint density at radius 2 is 1.45 bits per heavy atom. The number of benzene rings is 3. The number of sulfonamides is 1. The number of hydrogen-bond acceptors (Lipinski definition) is 4. The Labute approximate surface area is 243 Å². The van der Waals surface area contributed by atoms with E-state index in [1.807, 2.05) is 70.2 Å². The van der Waals surface area contributed by atoms with Gasteiger partial charge < -0.3 is 10.2 Å². The second-order valence-corrected chi connectivity index (χ2v) is 12.8. The molecule has 0 saturated heterocycles. The van der Waals surface area contributed by atoms with Gasteiger partial charge in [-0.2, -0.15) is 0 Å². The summed E-state index contributed by atoms with van der Waals surface area (Å²) in [6.45, 7) is 7.31. The van der Waals surface area contributed by atoms with Crippen LogP contribution in [-0.4, -0.2) is 50.0 Å². The monoisotopic (exact) mass is 583 g/mol. The maximum Gasteiger partial charge on any atom is 0.244 e. The van der Waals surface area contributed by atoms with Crippen LogP contribution in [0.5, 0.6) is 0 Å². The van der Waals surface area contributed by atoms with Gasteiger partial charge in [0.1, 0.15) is 12.6 Å². The average Bonchev–Trinajstić information content (AvgIpc) is 2.89. The highest BCUT2D eigenvalue weighted by Gasteiger charge is 2.33. The van der Waals surface area contributed by atoms with Crippen molar-refractivity contribution < 1.29 is 18.0 Å². The highest BCUT2D eigenvalue weighted by atomic mass is 35.5. The predicted octanol–water partition coefficient (Wildman–Crippen LogP) is 5.39. The van der Waals surface area contributed by atoms with E-state index in [2.05, 4.69) is 5.32 Å². The van der Waals surface area contributed by atoms with Crippen molar-refractivity contribution >= 4 is 39.1 Å². The van der Waals surface area contributed by atoms with E-state index in [4.69, 9.17) is 11.6 Å².